The first-order valence-electron chi connectivity index (χ1n) is 5.07. The number of rotatable bonds is 3. The van der Waals surface area contributed by atoms with E-state index in [1.54, 1.807) is 18.3 Å². The van der Waals surface area contributed by atoms with Crippen LogP contribution in [0.15, 0.2) is 40.6 Å². The lowest BCUT2D eigenvalue weighted by Gasteiger charge is -2.06. The number of hydrogen-bond donors (Lipinski definition) is 1. The van der Waals surface area contributed by atoms with Gasteiger partial charge >= 0.3 is 5.97 Å². The summed E-state index contributed by atoms with van der Waals surface area (Å²) in [4.78, 5) is 16.0. The fraction of sp³-hybridized carbons (Fsp3) is 0.167. The van der Waals surface area contributed by atoms with Gasteiger partial charge in [0.05, 0.1) is 5.56 Å². The highest BCUT2D eigenvalue weighted by Crippen LogP contribution is 2.29. The van der Waals surface area contributed by atoms with Crippen LogP contribution in [0.2, 0.25) is 0 Å². The first kappa shape index (κ1) is 11.7. The zero-order chi connectivity index (χ0) is 12.4. The first-order valence-corrected chi connectivity index (χ1v) is 5.88. The molecule has 0 amide bonds. The number of carboxylic acid groups (broad SMARTS) is 1. The zero-order valence-electron chi connectivity index (χ0n) is 9.54. The number of carboxylic acids is 1. The van der Waals surface area contributed by atoms with E-state index in [9.17, 15) is 4.79 Å². The third kappa shape index (κ3) is 2.50. The maximum Gasteiger partial charge on any atom is 0.335 e. The maximum atomic E-state index is 10.8. The molecule has 2 rings (SSSR count). The first-order chi connectivity index (χ1) is 8.08. The molecule has 88 valence electrons. The summed E-state index contributed by atoms with van der Waals surface area (Å²) in [6, 6.07) is 5.10. The van der Waals surface area contributed by atoms with Crippen molar-refractivity contribution in [3.05, 3.63) is 41.7 Å². The van der Waals surface area contributed by atoms with Gasteiger partial charge < -0.3 is 9.67 Å². The van der Waals surface area contributed by atoms with Crippen molar-refractivity contribution in [2.45, 2.75) is 17.0 Å². The van der Waals surface area contributed by atoms with Crippen LogP contribution in [-0.2, 0) is 7.05 Å². The Hall–Kier alpha value is -1.75. The van der Waals surface area contributed by atoms with Crippen molar-refractivity contribution >= 4 is 17.7 Å². The summed E-state index contributed by atoms with van der Waals surface area (Å²) in [6.07, 6.45) is 3.62. The number of nitrogens with zero attached hydrogens (tertiary/aromatic N) is 2. The van der Waals surface area contributed by atoms with Gasteiger partial charge in [-0.1, -0.05) is 11.8 Å². The molecule has 0 aliphatic carbocycles. The molecule has 0 radical (unpaired) electrons. The maximum absolute atomic E-state index is 10.8. The standard InChI is InChI=1S/C12H12N2O2S/c1-8-7-9(11(15)16)3-4-10(8)17-12-13-5-6-14(12)2/h3-7H,1-2H3,(H,15,16). The molecule has 17 heavy (non-hydrogen) atoms. The lowest BCUT2D eigenvalue weighted by molar-refractivity contribution is 0.0696. The molecule has 0 bridgehead atoms. The predicted molar refractivity (Wildman–Crippen MR) is 65.5 cm³/mol. The van der Waals surface area contributed by atoms with E-state index >= 15 is 0 Å². The van der Waals surface area contributed by atoms with E-state index in [1.165, 1.54) is 11.8 Å². The van der Waals surface area contributed by atoms with Gasteiger partial charge in [-0.05, 0) is 30.7 Å². The molecule has 0 unspecified atom stereocenters. The Morgan fingerprint density at radius 1 is 1.47 bits per heavy atom. The van der Waals surface area contributed by atoms with Crippen molar-refractivity contribution < 1.29 is 9.90 Å². The molecule has 1 heterocycles. The Labute approximate surface area is 103 Å². The van der Waals surface area contributed by atoms with Crippen LogP contribution in [0.5, 0.6) is 0 Å². The Balaban J connectivity index is 2.29. The van der Waals surface area contributed by atoms with Gasteiger partial charge in [0.15, 0.2) is 5.16 Å². The van der Waals surface area contributed by atoms with E-state index in [4.69, 9.17) is 5.11 Å². The van der Waals surface area contributed by atoms with Crippen LogP contribution >= 0.6 is 11.8 Å². The van der Waals surface area contributed by atoms with Crippen LogP contribution < -0.4 is 0 Å². The molecule has 0 fully saturated rings. The van der Waals surface area contributed by atoms with Crippen molar-refractivity contribution in [1.82, 2.24) is 9.55 Å². The molecule has 1 aromatic heterocycles. The molecular weight excluding hydrogens is 236 g/mol. The average molecular weight is 248 g/mol. The number of aromatic nitrogens is 2. The highest BCUT2D eigenvalue weighted by Gasteiger charge is 2.08. The highest BCUT2D eigenvalue weighted by atomic mass is 32.2. The lowest BCUT2D eigenvalue weighted by atomic mass is 10.1. The predicted octanol–water partition coefficient (Wildman–Crippen LogP) is 2.58. The molecule has 0 spiro atoms. The lowest BCUT2D eigenvalue weighted by Crippen LogP contribution is -1.97. The number of imidazole rings is 1. The molecule has 1 aromatic carbocycles. The molecule has 0 saturated carbocycles. The van der Waals surface area contributed by atoms with Crippen LogP contribution in [-0.4, -0.2) is 20.6 Å². The van der Waals surface area contributed by atoms with Gasteiger partial charge in [-0.25, -0.2) is 9.78 Å². The Morgan fingerprint density at radius 3 is 2.76 bits per heavy atom. The summed E-state index contributed by atoms with van der Waals surface area (Å²) in [6.45, 7) is 1.90. The van der Waals surface area contributed by atoms with Gasteiger partial charge in [0.25, 0.3) is 0 Å². The van der Waals surface area contributed by atoms with Gasteiger partial charge in [-0.2, -0.15) is 0 Å². The quantitative estimate of drug-likeness (QED) is 0.907. The summed E-state index contributed by atoms with van der Waals surface area (Å²) >= 11 is 1.53. The average Bonchev–Trinajstić information content (AvgIpc) is 2.67. The molecular formula is C12H12N2O2S. The van der Waals surface area contributed by atoms with Gasteiger partial charge in [-0.15, -0.1) is 0 Å². The van der Waals surface area contributed by atoms with Crippen LogP contribution in [0.3, 0.4) is 0 Å². The number of hydrogen-bond acceptors (Lipinski definition) is 3. The Kier molecular flexibility index (Phi) is 3.19. The molecule has 0 aliphatic heterocycles. The molecule has 4 nitrogen and oxygen atoms in total. The SMILES string of the molecule is Cc1cc(C(=O)O)ccc1Sc1nccn1C. The monoisotopic (exact) mass is 248 g/mol. The van der Waals surface area contributed by atoms with Crippen LogP contribution in [0, 0.1) is 6.92 Å². The van der Waals surface area contributed by atoms with Gasteiger partial charge in [-0.3, -0.25) is 0 Å². The van der Waals surface area contributed by atoms with Crippen LogP contribution in [0.25, 0.3) is 0 Å². The minimum Gasteiger partial charge on any atom is -0.478 e. The minimum atomic E-state index is -0.901. The van der Waals surface area contributed by atoms with E-state index in [0.29, 0.717) is 5.56 Å². The second-order valence-corrected chi connectivity index (χ2v) is 4.72. The van der Waals surface area contributed by atoms with Crippen molar-refractivity contribution in [2.75, 3.05) is 0 Å². The number of carbonyl (C=O) groups is 1. The molecule has 5 heteroatoms. The summed E-state index contributed by atoms with van der Waals surface area (Å²) in [5.74, 6) is -0.901. The van der Waals surface area contributed by atoms with Crippen molar-refractivity contribution in [2.24, 2.45) is 7.05 Å². The minimum absolute atomic E-state index is 0.312. The summed E-state index contributed by atoms with van der Waals surface area (Å²) in [5.41, 5.74) is 1.25. The van der Waals surface area contributed by atoms with Gasteiger partial charge in [0.1, 0.15) is 0 Å². The molecule has 0 aliphatic rings. The van der Waals surface area contributed by atoms with Gasteiger partial charge in [0, 0.05) is 24.3 Å². The van der Waals surface area contributed by atoms with Crippen molar-refractivity contribution in [3.8, 4) is 0 Å². The molecule has 2 aromatic rings. The second-order valence-electron chi connectivity index (χ2n) is 3.71. The third-order valence-electron chi connectivity index (χ3n) is 2.40. The van der Waals surface area contributed by atoms with Crippen LogP contribution in [0.4, 0.5) is 0 Å². The normalized spacial score (nSPS) is 10.5. The van der Waals surface area contributed by atoms with E-state index in [-0.39, 0.29) is 0 Å². The molecule has 0 saturated heterocycles. The fourth-order valence-corrected chi connectivity index (χ4v) is 2.32. The van der Waals surface area contributed by atoms with Crippen LogP contribution in [0.1, 0.15) is 15.9 Å². The zero-order valence-corrected chi connectivity index (χ0v) is 10.4. The van der Waals surface area contributed by atoms with Crippen molar-refractivity contribution in [1.29, 1.82) is 0 Å². The fourth-order valence-electron chi connectivity index (χ4n) is 1.45. The third-order valence-corrected chi connectivity index (χ3v) is 3.65. The molecule has 1 N–H and O–H groups in total. The second kappa shape index (κ2) is 4.63. The highest BCUT2D eigenvalue weighted by molar-refractivity contribution is 7.99. The topological polar surface area (TPSA) is 55.1 Å². The smallest absolute Gasteiger partial charge is 0.335 e. The number of aromatic carboxylic acids is 1. The van der Waals surface area contributed by atoms with E-state index < -0.39 is 5.97 Å². The molecule has 0 atom stereocenters. The summed E-state index contributed by atoms with van der Waals surface area (Å²) in [7, 11) is 1.93. The largest absolute Gasteiger partial charge is 0.478 e. The summed E-state index contributed by atoms with van der Waals surface area (Å²) < 4.78 is 1.93. The number of benzene rings is 1. The van der Waals surface area contributed by atoms with E-state index in [0.717, 1.165) is 15.6 Å². The number of aryl methyl sites for hydroxylation is 2. The van der Waals surface area contributed by atoms with Gasteiger partial charge in [0.2, 0.25) is 0 Å². The van der Waals surface area contributed by atoms with Crippen molar-refractivity contribution in [3.63, 3.8) is 0 Å². The Morgan fingerprint density at radius 2 is 2.24 bits per heavy atom. The Bertz CT molecular complexity index is 563. The van der Waals surface area contributed by atoms with E-state index in [1.807, 2.05) is 30.8 Å². The van der Waals surface area contributed by atoms with E-state index in [2.05, 4.69) is 4.98 Å². The summed E-state index contributed by atoms with van der Waals surface area (Å²) in [5, 5.41) is 9.76.